The van der Waals surface area contributed by atoms with Gasteiger partial charge >= 0.3 is 5.97 Å². The monoisotopic (exact) mass is 232 g/mol. The summed E-state index contributed by atoms with van der Waals surface area (Å²) in [7, 11) is 2.93. The van der Waals surface area contributed by atoms with E-state index in [0.717, 1.165) is 13.0 Å². The second-order valence-electron chi connectivity index (χ2n) is 3.33. The molecule has 0 heterocycles. The Morgan fingerprint density at radius 2 is 2.00 bits per heavy atom. The molecule has 0 aliphatic rings. The predicted molar refractivity (Wildman–Crippen MR) is 59.0 cm³/mol. The maximum atomic E-state index is 11.3. The minimum atomic E-state index is -0.634. The first-order valence-corrected chi connectivity index (χ1v) is 5.16. The second kappa shape index (κ2) is 9.11. The molecule has 2 N–H and O–H groups in total. The number of esters is 1. The number of carbonyl (C=O) groups is 2. The van der Waals surface area contributed by atoms with Crippen molar-refractivity contribution >= 4 is 11.9 Å². The standard InChI is InChI=1S/C10H20N2O4/c1-8(13)12-9(10(14)16-3)7-11-5-4-6-15-2/h9,11H,4-7H2,1-3H3,(H,12,13). The Labute approximate surface area is 95.7 Å². The van der Waals surface area contributed by atoms with Crippen molar-refractivity contribution in [2.45, 2.75) is 19.4 Å². The Morgan fingerprint density at radius 1 is 1.31 bits per heavy atom. The molecule has 94 valence electrons. The van der Waals surface area contributed by atoms with Crippen LogP contribution in [-0.2, 0) is 19.1 Å². The van der Waals surface area contributed by atoms with Crippen molar-refractivity contribution in [2.75, 3.05) is 33.9 Å². The van der Waals surface area contributed by atoms with Gasteiger partial charge in [-0.2, -0.15) is 0 Å². The van der Waals surface area contributed by atoms with Gasteiger partial charge in [0.2, 0.25) is 5.91 Å². The highest BCUT2D eigenvalue weighted by atomic mass is 16.5. The summed E-state index contributed by atoms with van der Waals surface area (Å²) < 4.78 is 9.45. The van der Waals surface area contributed by atoms with Crippen molar-refractivity contribution in [3.63, 3.8) is 0 Å². The quantitative estimate of drug-likeness (QED) is 0.427. The van der Waals surface area contributed by atoms with Crippen molar-refractivity contribution in [3.8, 4) is 0 Å². The Kier molecular flexibility index (Phi) is 8.46. The van der Waals surface area contributed by atoms with Crippen molar-refractivity contribution in [3.05, 3.63) is 0 Å². The normalized spacial score (nSPS) is 11.9. The lowest BCUT2D eigenvalue weighted by Gasteiger charge is -2.15. The molecule has 0 aliphatic heterocycles. The number of amides is 1. The molecular formula is C10H20N2O4. The van der Waals surface area contributed by atoms with Crippen molar-refractivity contribution in [1.29, 1.82) is 0 Å². The molecule has 0 aromatic rings. The summed E-state index contributed by atoms with van der Waals surface area (Å²) in [6.07, 6.45) is 0.852. The predicted octanol–water partition coefficient (Wildman–Crippen LogP) is -0.710. The third kappa shape index (κ3) is 7.19. The molecule has 0 spiro atoms. The Bertz CT molecular complexity index is 221. The summed E-state index contributed by atoms with van der Waals surface area (Å²) in [5.41, 5.74) is 0. The lowest BCUT2D eigenvalue weighted by Crippen LogP contribution is -2.47. The maximum absolute atomic E-state index is 11.3. The number of ether oxygens (including phenoxy) is 2. The van der Waals surface area contributed by atoms with Crippen molar-refractivity contribution < 1.29 is 19.1 Å². The van der Waals surface area contributed by atoms with E-state index in [1.807, 2.05) is 0 Å². The van der Waals surface area contributed by atoms with Crippen LogP contribution >= 0.6 is 0 Å². The van der Waals surface area contributed by atoms with Gasteiger partial charge in [-0.3, -0.25) is 4.79 Å². The van der Waals surface area contributed by atoms with Crippen LogP contribution in [0.25, 0.3) is 0 Å². The highest BCUT2D eigenvalue weighted by molar-refractivity contribution is 5.83. The van der Waals surface area contributed by atoms with E-state index in [1.165, 1.54) is 14.0 Å². The van der Waals surface area contributed by atoms with Gasteiger partial charge in [0.15, 0.2) is 0 Å². The Morgan fingerprint density at radius 3 is 2.50 bits per heavy atom. The summed E-state index contributed by atoms with van der Waals surface area (Å²) in [5, 5.41) is 5.56. The molecule has 16 heavy (non-hydrogen) atoms. The minimum Gasteiger partial charge on any atom is -0.467 e. The highest BCUT2D eigenvalue weighted by Crippen LogP contribution is 1.87. The smallest absolute Gasteiger partial charge is 0.329 e. The van der Waals surface area contributed by atoms with Crippen LogP contribution in [0, 0.1) is 0 Å². The first kappa shape index (κ1) is 14.9. The molecule has 1 unspecified atom stereocenters. The molecule has 0 aromatic heterocycles. The fraction of sp³-hybridized carbons (Fsp3) is 0.800. The largest absolute Gasteiger partial charge is 0.467 e. The van der Waals surface area contributed by atoms with Crippen LogP contribution in [0.4, 0.5) is 0 Å². The molecule has 0 rings (SSSR count). The summed E-state index contributed by atoms with van der Waals surface area (Å²) in [4.78, 5) is 22.1. The molecule has 0 fully saturated rings. The molecule has 0 aromatic carbocycles. The number of rotatable bonds is 8. The molecule has 0 aliphatic carbocycles. The number of nitrogens with one attached hydrogen (secondary N) is 2. The van der Waals surface area contributed by atoms with Gasteiger partial charge in [0.25, 0.3) is 0 Å². The Balaban J connectivity index is 3.83. The molecule has 1 atom stereocenters. The number of hydrogen-bond acceptors (Lipinski definition) is 5. The average molecular weight is 232 g/mol. The van der Waals surface area contributed by atoms with Crippen molar-refractivity contribution in [2.24, 2.45) is 0 Å². The van der Waals surface area contributed by atoms with Crippen LogP contribution in [0.2, 0.25) is 0 Å². The van der Waals surface area contributed by atoms with E-state index in [9.17, 15) is 9.59 Å². The Hall–Kier alpha value is -1.14. The molecule has 6 heteroatoms. The summed E-state index contributed by atoms with van der Waals surface area (Å²) in [6.45, 7) is 3.10. The topological polar surface area (TPSA) is 76.7 Å². The highest BCUT2D eigenvalue weighted by Gasteiger charge is 2.18. The van der Waals surface area contributed by atoms with Gasteiger partial charge in [-0.25, -0.2) is 4.79 Å². The lowest BCUT2D eigenvalue weighted by atomic mass is 10.3. The SMILES string of the molecule is COCCCNCC(NC(C)=O)C(=O)OC. The van der Waals surface area contributed by atoms with Gasteiger partial charge in [-0.05, 0) is 13.0 Å². The van der Waals surface area contributed by atoms with Gasteiger partial charge in [-0.15, -0.1) is 0 Å². The fourth-order valence-electron chi connectivity index (χ4n) is 1.17. The van der Waals surface area contributed by atoms with Gasteiger partial charge in [-0.1, -0.05) is 0 Å². The van der Waals surface area contributed by atoms with Crippen LogP contribution in [0.1, 0.15) is 13.3 Å². The number of hydrogen-bond donors (Lipinski definition) is 2. The van der Waals surface area contributed by atoms with Crippen LogP contribution < -0.4 is 10.6 Å². The van der Waals surface area contributed by atoms with Crippen LogP contribution in [0.15, 0.2) is 0 Å². The van der Waals surface area contributed by atoms with Gasteiger partial charge < -0.3 is 20.1 Å². The van der Waals surface area contributed by atoms with E-state index < -0.39 is 12.0 Å². The van der Waals surface area contributed by atoms with E-state index in [0.29, 0.717) is 13.2 Å². The third-order valence-corrected chi connectivity index (χ3v) is 1.91. The lowest BCUT2D eigenvalue weighted by molar-refractivity contribution is -0.144. The first-order chi connectivity index (χ1) is 7.61. The molecule has 6 nitrogen and oxygen atoms in total. The zero-order chi connectivity index (χ0) is 12.4. The molecule has 0 saturated heterocycles. The molecule has 0 bridgehead atoms. The van der Waals surface area contributed by atoms with E-state index in [4.69, 9.17) is 4.74 Å². The minimum absolute atomic E-state index is 0.255. The van der Waals surface area contributed by atoms with Crippen LogP contribution in [-0.4, -0.2) is 51.8 Å². The van der Waals surface area contributed by atoms with Crippen LogP contribution in [0.5, 0.6) is 0 Å². The fourth-order valence-corrected chi connectivity index (χ4v) is 1.17. The summed E-state index contributed by atoms with van der Waals surface area (Å²) >= 11 is 0. The third-order valence-electron chi connectivity index (χ3n) is 1.91. The van der Waals surface area contributed by atoms with Gasteiger partial charge in [0.1, 0.15) is 6.04 Å². The van der Waals surface area contributed by atoms with E-state index in [2.05, 4.69) is 15.4 Å². The van der Waals surface area contributed by atoms with E-state index in [1.54, 1.807) is 7.11 Å². The summed E-state index contributed by atoms with van der Waals surface area (Å²) in [6, 6.07) is -0.634. The zero-order valence-electron chi connectivity index (χ0n) is 10.0. The zero-order valence-corrected chi connectivity index (χ0v) is 10.0. The molecule has 0 saturated carbocycles. The van der Waals surface area contributed by atoms with E-state index >= 15 is 0 Å². The van der Waals surface area contributed by atoms with E-state index in [-0.39, 0.29) is 5.91 Å². The van der Waals surface area contributed by atoms with Crippen molar-refractivity contribution in [1.82, 2.24) is 10.6 Å². The average Bonchev–Trinajstić information content (AvgIpc) is 2.25. The number of carbonyl (C=O) groups excluding carboxylic acids is 2. The molecule has 1 amide bonds. The maximum Gasteiger partial charge on any atom is 0.329 e. The van der Waals surface area contributed by atoms with Crippen LogP contribution in [0.3, 0.4) is 0 Å². The van der Waals surface area contributed by atoms with Gasteiger partial charge in [0.05, 0.1) is 7.11 Å². The first-order valence-electron chi connectivity index (χ1n) is 5.16. The number of methoxy groups -OCH3 is 2. The summed E-state index contributed by atoms with van der Waals surface area (Å²) in [5.74, 6) is -0.705. The molecule has 0 radical (unpaired) electrons. The van der Waals surface area contributed by atoms with Gasteiger partial charge in [0, 0.05) is 27.2 Å². The molecular weight excluding hydrogens is 212 g/mol. The second-order valence-corrected chi connectivity index (χ2v) is 3.33.